The first-order chi connectivity index (χ1) is 9.15. The maximum atomic E-state index is 11.4. The lowest BCUT2D eigenvalue weighted by Gasteiger charge is -2.41. The number of hydrogen-bond donors (Lipinski definition) is 3. The number of nitrogens with one attached hydrogen (secondary N) is 3. The molecule has 0 unspecified atom stereocenters. The Kier molecular flexibility index (Phi) is 9.96. The highest BCUT2D eigenvalue weighted by Gasteiger charge is 2.34. The number of rotatable bonds is 7. The number of halogens is 1. The van der Waals surface area contributed by atoms with Crippen LogP contribution in [0, 0.1) is 5.41 Å². The van der Waals surface area contributed by atoms with Crippen LogP contribution in [0.5, 0.6) is 0 Å². The maximum Gasteiger partial charge on any atom is 0.241 e. The molecule has 1 fully saturated rings. The van der Waals surface area contributed by atoms with E-state index in [1.165, 1.54) is 25.7 Å². The molecule has 0 radical (unpaired) electrons. The van der Waals surface area contributed by atoms with E-state index in [1.807, 2.05) is 13.8 Å². The van der Waals surface area contributed by atoms with Gasteiger partial charge in [-0.1, -0.05) is 13.3 Å². The van der Waals surface area contributed by atoms with Crippen LogP contribution in [-0.2, 0) is 4.79 Å². The lowest BCUT2D eigenvalue weighted by atomic mass is 9.67. The predicted molar refractivity (Wildman–Crippen MR) is 94.7 cm³/mol. The molecule has 118 valence electrons. The number of amides is 1. The van der Waals surface area contributed by atoms with Gasteiger partial charge in [-0.3, -0.25) is 4.79 Å². The van der Waals surface area contributed by atoms with Crippen molar-refractivity contribution in [2.24, 2.45) is 10.4 Å². The second-order valence-electron chi connectivity index (χ2n) is 5.21. The highest BCUT2D eigenvalue weighted by Crippen LogP contribution is 2.42. The summed E-state index contributed by atoms with van der Waals surface area (Å²) in [5.74, 6) is 0.710. The monoisotopic (exact) mass is 396 g/mol. The molecular formula is C14H29IN4O. The molecule has 1 aliphatic rings. The molecule has 0 aromatic heterocycles. The molecule has 1 saturated carbocycles. The van der Waals surface area contributed by atoms with Crippen molar-refractivity contribution in [1.82, 2.24) is 16.0 Å². The number of likely N-dealkylation sites (N-methyl/N-ethyl adjacent to an activating group) is 1. The van der Waals surface area contributed by atoms with E-state index in [1.54, 1.807) is 0 Å². The molecule has 0 heterocycles. The average Bonchev–Trinajstić information content (AvgIpc) is 2.35. The molecule has 0 bridgehead atoms. The van der Waals surface area contributed by atoms with Crippen LogP contribution in [0.2, 0.25) is 0 Å². The molecule has 0 aromatic rings. The van der Waals surface area contributed by atoms with E-state index >= 15 is 0 Å². The number of guanidine groups is 1. The summed E-state index contributed by atoms with van der Waals surface area (Å²) in [6, 6.07) is 0. The third-order valence-electron chi connectivity index (χ3n) is 3.89. The van der Waals surface area contributed by atoms with Gasteiger partial charge >= 0.3 is 0 Å². The summed E-state index contributed by atoms with van der Waals surface area (Å²) in [5.41, 5.74) is 0.446. The fraction of sp³-hybridized carbons (Fsp3) is 0.857. The van der Waals surface area contributed by atoms with Gasteiger partial charge in [-0.15, -0.1) is 24.0 Å². The Morgan fingerprint density at radius 3 is 2.20 bits per heavy atom. The van der Waals surface area contributed by atoms with Gasteiger partial charge in [-0.05, 0) is 38.5 Å². The van der Waals surface area contributed by atoms with Crippen LogP contribution >= 0.6 is 24.0 Å². The first kappa shape index (κ1) is 19.5. The lowest BCUT2D eigenvalue weighted by molar-refractivity contribution is -0.119. The molecule has 0 aliphatic heterocycles. The van der Waals surface area contributed by atoms with Gasteiger partial charge in [0.25, 0.3) is 0 Å². The minimum Gasteiger partial charge on any atom is -0.357 e. The summed E-state index contributed by atoms with van der Waals surface area (Å²) in [7, 11) is 0. The van der Waals surface area contributed by atoms with E-state index in [9.17, 15) is 4.79 Å². The molecule has 1 amide bonds. The van der Waals surface area contributed by atoms with E-state index in [2.05, 4.69) is 27.9 Å². The Morgan fingerprint density at radius 1 is 1.10 bits per heavy atom. The molecule has 20 heavy (non-hydrogen) atoms. The van der Waals surface area contributed by atoms with Gasteiger partial charge in [0.15, 0.2) is 5.96 Å². The standard InChI is InChI=1S/C14H28N4O.HI/c1-4-14(8-7-9-14)11-18-13(16-6-3)17-10-12(19)15-5-2;/h4-11H2,1-3H3,(H,15,19)(H2,16,17,18);1H. The van der Waals surface area contributed by atoms with Crippen molar-refractivity contribution in [3.8, 4) is 0 Å². The molecule has 1 rings (SSSR count). The van der Waals surface area contributed by atoms with E-state index in [0.717, 1.165) is 19.0 Å². The van der Waals surface area contributed by atoms with Gasteiger partial charge in [0.2, 0.25) is 5.91 Å². The van der Waals surface area contributed by atoms with E-state index in [4.69, 9.17) is 0 Å². The smallest absolute Gasteiger partial charge is 0.241 e. The van der Waals surface area contributed by atoms with Crippen LogP contribution in [0.25, 0.3) is 0 Å². The molecule has 0 atom stereocenters. The summed E-state index contributed by atoms with van der Waals surface area (Å²) in [4.78, 5) is 15.7. The third kappa shape index (κ3) is 6.28. The summed E-state index contributed by atoms with van der Waals surface area (Å²) in [5, 5.41) is 9.30. The summed E-state index contributed by atoms with van der Waals surface area (Å²) in [6.07, 6.45) is 5.14. The number of aliphatic imine (C=N–C) groups is 1. The number of carbonyl (C=O) groups is 1. The first-order valence-corrected chi connectivity index (χ1v) is 7.44. The SMILES string of the molecule is CCNC(=O)CN=C(NCC)NCC1(CC)CCC1.I. The quantitative estimate of drug-likeness (QED) is 0.350. The van der Waals surface area contributed by atoms with Crippen molar-refractivity contribution in [3.63, 3.8) is 0 Å². The normalized spacial score (nSPS) is 16.6. The van der Waals surface area contributed by atoms with E-state index in [0.29, 0.717) is 12.0 Å². The second-order valence-corrected chi connectivity index (χ2v) is 5.21. The van der Waals surface area contributed by atoms with Crippen LogP contribution in [-0.4, -0.2) is 38.0 Å². The van der Waals surface area contributed by atoms with Crippen LogP contribution in [0.3, 0.4) is 0 Å². The van der Waals surface area contributed by atoms with Crippen LogP contribution in [0.4, 0.5) is 0 Å². The largest absolute Gasteiger partial charge is 0.357 e. The van der Waals surface area contributed by atoms with Gasteiger partial charge in [0.05, 0.1) is 0 Å². The Bertz CT molecular complexity index is 311. The van der Waals surface area contributed by atoms with Crippen molar-refractivity contribution in [2.75, 3.05) is 26.2 Å². The zero-order valence-corrected chi connectivity index (χ0v) is 15.3. The van der Waals surface area contributed by atoms with Crippen LogP contribution in [0.15, 0.2) is 4.99 Å². The minimum atomic E-state index is -0.0337. The first-order valence-electron chi connectivity index (χ1n) is 7.44. The van der Waals surface area contributed by atoms with Gasteiger partial charge in [0, 0.05) is 19.6 Å². The van der Waals surface area contributed by atoms with Gasteiger partial charge in [-0.25, -0.2) is 4.99 Å². The Morgan fingerprint density at radius 2 is 1.75 bits per heavy atom. The fourth-order valence-electron chi connectivity index (χ4n) is 2.35. The summed E-state index contributed by atoms with van der Waals surface area (Å²) >= 11 is 0. The summed E-state index contributed by atoms with van der Waals surface area (Å²) < 4.78 is 0. The minimum absolute atomic E-state index is 0. The number of hydrogen-bond acceptors (Lipinski definition) is 2. The molecule has 0 aromatic carbocycles. The van der Waals surface area contributed by atoms with Gasteiger partial charge < -0.3 is 16.0 Å². The van der Waals surface area contributed by atoms with Crippen LogP contribution in [0.1, 0.15) is 46.5 Å². The highest BCUT2D eigenvalue weighted by atomic mass is 127. The van der Waals surface area contributed by atoms with Crippen LogP contribution < -0.4 is 16.0 Å². The zero-order chi connectivity index (χ0) is 14.1. The molecule has 5 nitrogen and oxygen atoms in total. The van der Waals surface area contributed by atoms with E-state index in [-0.39, 0.29) is 36.4 Å². The van der Waals surface area contributed by atoms with Crippen molar-refractivity contribution >= 4 is 35.8 Å². The zero-order valence-electron chi connectivity index (χ0n) is 12.9. The topological polar surface area (TPSA) is 65.5 Å². The predicted octanol–water partition coefficient (Wildman–Crippen LogP) is 1.88. The van der Waals surface area contributed by atoms with Gasteiger partial charge in [-0.2, -0.15) is 0 Å². The summed E-state index contributed by atoms with van der Waals surface area (Å²) in [6.45, 7) is 8.78. The van der Waals surface area contributed by atoms with Crippen molar-refractivity contribution in [3.05, 3.63) is 0 Å². The molecule has 0 spiro atoms. The number of carbonyl (C=O) groups excluding carboxylic acids is 1. The second kappa shape index (κ2) is 10.2. The molecule has 3 N–H and O–H groups in total. The lowest BCUT2D eigenvalue weighted by Crippen LogP contribution is -2.46. The van der Waals surface area contributed by atoms with E-state index < -0.39 is 0 Å². The molecular weight excluding hydrogens is 367 g/mol. The van der Waals surface area contributed by atoms with Crippen molar-refractivity contribution in [1.29, 1.82) is 0 Å². The number of nitrogens with zero attached hydrogens (tertiary/aromatic N) is 1. The Labute approximate surface area is 139 Å². The maximum absolute atomic E-state index is 11.4. The molecule has 1 aliphatic carbocycles. The average molecular weight is 396 g/mol. The Balaban J connectivity index is 0.00000361. The highest BCUT2D eigenvalue weighted by molar-refractivity contribution is 14.0. The fourth-order valence-corrected chi connectivity index (χ4v) is 2.35. The van der Waals surface area contributed by atoms with Gasteiger partial charge in [0.1, 0.15) is 6.54 Å². The molecule has 6 heteroatoms. The third-order valence-corrected chi connectivity index (χ3v) is 3.89. The van der Waals surface area contributed by atoms with Crippen molar-refractivity contribution in [2.45, 2.75) is 46.5 Å². The molecule has 0 saturated heterocycles. The Hall–Kier alpha value is -0.530. The van der Waals surface area contributed by atoms with Crippen molar-refractivity contribution < 1.29 is 4.79 Å².